The van der Waals surface area contributed by atoms with Crippen LogP contribution in [0.5, 0.6) is 0 Å². The second-order valence-corrected chi connectivity index (χ2v) is 3.04. The van der Waals surface area contributed by atoms with Crippen molar-refractivity contribution in [2.75, 3.05) is 0 Å². The van der Waals surface area contributed by atoms with Gasteiger partial charge in [-0.25, -0.2) is 0 Å². The maximum Gasteiger partial charge on any atom is 0.0650 e. The first-order chi connectivity index (χ1) is 6.90. The molecule has 1 aromatic heterocycles. The van der Waals surface area contributed by atoms with E-state index in [9.17, 15) is 0 Å². The van der Waals surface area contributed by atoms with Crippen LogP contribution in [0.15, 0.2) is 24.4 Å². The van der Waals surface area contributed by atoms with Crippen LogP contribution in [0.2, 0.25) is 0 Å². The third kappa shape index (κ3) is 2.34. The molecule has 0 aliphatic rings. The molecular formula is C12H18N2. The lowest BCUT2D eigenvalue weighted by Crippen LogP contribution is -1.81. The van der Waals surface area contributed by atoms with Gasteiger partial charge < -0.3 is 0 Å². The molecule has 2 nitrogen and oxygen atoms in total. The van der Waals surface area contributed by atoms with Crippen LogP contribution in [-0.4, -0.2) is 10.2 Å². The van der Waals surface area contributed by atoms with Crippen molar-refractivity contribution in [3.63, 3.8) is 0 Å². The summed E-state index contributed by atoms with van der Waals surface area (Å²) >= 11 is 0. The van der Waals surface area contributed by atoms with E-state index in [4.69, 9.17) is 0 Å². The van der Waals surface area contributed by atoms with Gasteiger partial charge in [0.2, 0.25) is 0 Å². The Morgan fingerprint density at radius 3 is 2.79 bits per heavy atom. The largest absolute Gasteiger partial charge is 0.278 e. The topological polar surface area (TPSA) is 28.7 Å². The first-order valence-corrected chi connectivity index (χ1v) is 5.32. The van der Waals surface area contributed by atoms with Crippen molar-refractivity contribution >= 4 is 10.9 Å². The number of nitrogens with zero attached hydrogens (tertiary/aromatic N) is 1. The SMILES string of the molecule is CC.CCCc1ccc2[nH]ncc2c1. The second kappa shape index (κ2) is 5.43. The summed E-state index contributed by atoms with van der Waals surface area (Å²) in [6.45, 7) is 6.19. The normalized spacial score (nSPS) is 9.64. The van der Waals surface area contributed by atoms with Gasteiger partial charge in [-0.3, -0.25) is 5.10 Å². The van der Waals surface area contributed by atoms with E-state index in [2.05, 4.69) is 35.3 Å². The predicted octanol–water partition coefficient (Wildman–Crippen LogP) is 3.54. The number of fused-ring (bicyclic) bond motifs is 1. The first kappa shape index (κ1) is 10.8. The van der Waals surface area contributed by atoms with Gasteiger partial charge in [-0.15, -0.1) is 0 Å². The van der Waals surface area contributed by atoms with Crippen LogP contribution in [0.1, 0.15) is 32.8 Å². The number of benzene rings is 1. The van der Waals surface area contributed by atoms with E-state index in [1.54, 1.807) is 0 Å². The summed E-state index contributed by atoms with van der Waals surface area (Å²) in [6.07, 6.45) is 4.22. The maximum absolute atomic E-state index is 3.98. The van der Waals surface area contributed by atoms with Crippen LogP contribution in [0.25, 0.3) is 10.9 Å². The van der Waals surface area contributed by atoms with Gasteiger partial charge in [-0.05, 0) is 24.1 Å². The fourth-order valence-electron chi connectivity index (χ4n) is 1.44. The Bertz CT molecular complexity index is 376. The smallest absolute Gasteiger partial charge is 0.0650 e. The van der Waals surface area contributed by atoms with Crippen molar-refractivity contribution in [1.82, 2.24) is 10.2 Å². The van der Waals surface area contributed by atoms with Gasteiger partial charge in [0, 0.05) is 5.39 Å². The van der Waals surface area contributed by atoms with E-state index in [1.807, 2.05) is 20.0 Å². The molecule has 1 heterocycles. The van der Waals surface area contributed by atoms with Crippen LogP contribution >= 0.6 is 0 Å². The lowest BCUT2D eigenvalue weighted by Gasteiger charge is -1.96. The maximum atomic E-state index is 3.98. The summed E-state index contributed by atoms with van der Waals surface area (Å²) in [5.41, 5.74) is 2.52. The van der Waals surface area contributed by atoms with Gasteiger partial charge in [-0.1, -0.05) is 33.3 Å². The Morgan fingerprint density at radius 2 is 2.07 bits per heavy atom. The highest BCUT2D eigenvalue weighted by Gasteiger charge is 1.96. The van der Waals surface area contributed by atoms with Gasteiger partial charge in [0.15, 0.2) is 0 Å². The average molecular weight is 190 g/mol. The molecule has 0 spiro atoms. The zero-order chi connectivity index (χ0) is 10.4. The van der Waals surface area contributed by atoms with E-state index < -0.39 is 0 Å². The molecule has 1 N–H and O–H groups in total. The molecule has 76 valence electrons. The van der Waals surface area contributed by atoms with E-state index in [1.165, 1.54) is 17.4 Å². The van der Waals surface area contributed by atoms with Crippen LogP contribution in [-0.2, 0) is 6.42 Å². The number of nitrogens with one attached hydrogen (secondary N) is 1. The van der Waals surface area contributed by atoms with Crippen LogP contribution in [0.3, 0.4) is 0 Å². The molecule has 0 atom stereocenters. The fourth-order valence-corrected chi connectivity index (χ4v) is 1.44. The molecule has 2 heteroatoms. The Labute approximate surface area is 85.3 Å². The minimum absolute atomic E-state index is 1.12. The van der Waals surface area contributed by atoms with Crippen molar-refractivity contribution in [2.45, 2.75) is 33.6 Å². The highest BCUT2D eigenvalue weighted by Crippen LogP contribution is 2.13. The Morgan fingerprint density at radius 1 is 1.29 bits per heavy atom. The number of aromatic nitrogens is 2. The summed E-state index contributed by atoms with van der Waals surface area (Å²) in [6, 6.07) is 6.44. The van der Waals surface area contributed by atoms with E-state index in [0.717, 1.165) is 11.9 Å². The average Bonchev–Trinajstić information content (AvgIpc) is 2.68. The lowest BCUT2D eigenvalue weighted by atomic mass is 10.1. The molecular weight excluding hydrogens is 172 g/mol. The van der Waals surface area contributed by atoms with Crippen LogP contribution in [0.4, 0.5) is 0 Å². The Hall–Kier alpha value is -1.31. The Kier molecular flexibility index (Phi) is 4.17. The summed E-state index contributed by atoms with van der Waals surface area (Å²) in [5.74, 6) is 0. The van der Waals surface area contributed by atoms with Gasteiger partial charge in [-0.2, -0.15) is 5.10 Å². The standard InChI is InChI=1S/C10H12N2.C2H6/c1-2-3-8-4-5-10-9(6-8)7-11-12-10;1-2/h4-7H,2-3H2,1H3,(H,11,12);1-2H3. The number of aromatic amines is 1. The number of H-pyrrole nitrogens is 1. The molecule has 0 radical (unpaired) electrons. The number of hydrogen-bond acceptors (Lipinski definition) is 1. The summed E-state index contributed by atoms with van der Waals surface area (Å²) in [7, 11) is 0. The minimum Gasteiger partial charge on any atom is -0.278 e. The highest BCUT2D eigenvalue weighted by atomic mass is 15.1. The summed E-state index contributed by atoms with van der Waals surface area (Å²) in [5, 5.41) is 8.13. The van der Waals surface area contributed by atoms with Gasteiger partial charge in [0.05, 0.1) is 11.7 Å². The summed E-state index contributed by atoms with van der Waals surface area (Å²) in [4.78, 5) is 0. The second-order valence-electron chi connectivity index (χ2n) is 3.04. The van der Waals surface area contributed by atoms with Gasteiger partial charge in [0.1, 0.15) is 0 Å². The first-order valence-electron chi connectivity index (χ1n) is 5.32. The van der Waals surface area contributed by atoms with E-state index in [-0.39, 0.29) is 0 Å². The fraction of sp³-hybridized carbons (Fsp3) is 0.417. The molecule has 0 bridgehead atoms. The number of aryl methyl sites for hydroxylation is 1. The molecule has 0 unspecified atom stereocenters. The molecule has 14 heavy (non-hydrogen) atoms. The zero-order valence-electron chi connectivity index (χ0n) is 9.17. The quantitative estimate of drug-likeness (QED) is 0.771. The zero-order valence-corrected chi connectivity index (χ0v) is 9.17. The highest BCUT2D eigenvalue weighted by molar-refractivity contribution is 5.78. The molecule has 0 aliphatic heterocycles. The summed E-state index contributed by atoms with van der Waals surface area (Å²) < 4.78 is 0. The third-order valence-electron chi connectivity index (χ3n) is 2.04. The van der Waals surface area contributed by atoms with Gasteiger partial charge in [0.25, 0.3) is 0 Å². The van der Waals surface area contributed by atoms with Crippen molar-refractivity contribution < 1.29 is 0 Å². The molecule has 2 rings (SSSR count). The molecule has 0 saturated heterocycles. The molecule has 0 fully saturated rings. The van der Waals surface area contributed by atoms with Crippen molar-refractivity contribution in [3.05, 3.63) is 30.0 Å². The minimum atomic E-state index is 1.12. The molecule has 0 amide bonds. The number of hydrogen-bond donors (Lipinski definition) is 1. The lowest BCUT2D eigenvalue weighted by molar-refractivity contribution is 0.924. The molecule has 0 saturated carbocycles. The van der Waals surface area contributed by atoms with Crippen molar-refractivity contribution in [3.8, 4) is 0 Å². The van der Waals surface area contributed by atoms with Crippen molar-refractivity contribution in [2.24, 2.45) is 0 Å². The number of rotatable bonds is 2. The molecule has 2 aromatic rings. The van der Waals surface area contributed by atoms with E-state index in [0.29, 0.717) is 0 Å². The third-order valence-corrected chi connectivity index (χ3v) is 2.04. The van der Waals surface area contributed by atoms with Crippen LogP contribution < -0.4 is 0 Å². The van der Waals surface area contributed by atoms with Crippen LogP contribution in [0, 0.1) is 0 Å². The van der Waals surface area contributed by atoms with Gasteiger partial charge >= 0.3 is 0 Å². The molecule has 0 aliphatic carbocycles. The predicted molar refractivity (Wildman–Crippen MR) is 61.4 cm³/mol. The monoisotopic (exact) mass is 190 g/mol. The van der Waals surface area contributed by atoms with Crippen molar-refractivity contribution in [1.29, 1.82) is 0 Å². The van der Waals surface area contributed by atoms with E-state index >= 15 is 0 Å². The molecule has 1 aromatic carbocycles. The Balaban J connectivity index is 0.000000461.